The van der Waals surface area contributed by atoms with Gasteiger partial charge in [0.05, 0.1) is 11.4 Å². The number of carbonyl (C=O) groups is 2. The number of pyridine rings is 2. The summed E-state index contributed by atoms with van der Waals surface area (Å²) in [7, 11) is 0. The number of halogens is 2. The van der Waals surface area contributed by atoms with Crippen LogP contribution in [-0.2, 0) is 14.3 Å². The second-order valence-corrected chi connectivity index (χ2v) is 6.18. The van der Waals surface area contributed by atoms with Crippen molar-refractivity contribution in [3.63, 3.8) is 0 Å². The summed E-state index contributed by atoms with van der Waals surface area (Å²) in [5.74, 6) is -1.23. The number of nitrogens with zero attached hydrogens (tertiary/aromatic N) is 3. The first-order valence-electron chi connectivity index (χ1n) is 7.88. The maximum atomic E-state index is 12.1. The molecule has 0 aliphatic carbocycles. The summed E-state index contributed by atoms with van der Waals surface area (Å²) in [6.45, 7) is 1.45. The number of hydrogen-bond donors (Lipinski definition) is 1. The zero-order valence-corrected chi connectivity index (χ0v) is 15.6. The first-order chi connectivity index (χ1) is 13.0. The van der Waals surface area contributed by atoms with Gasteiger partial charge in [0, 0.05) is 18.5 Å². The number of hydrogen-bond acceptors (Lipinski definition) is 5. The molecule has 0 radical (unpaired) electrons. The van der Waals surface area contributed by atoms with Crippen LogP contribution < -0.4 is 5.32 Å². The van der Waals surface area contributed by atoms with Crippen molar-refractivity contribution in [3.8, 4) is 0 Å². The summed E-state index contributed by atoms with van der Waals surface area (Å²) >= 11 is 12.0. The fourth-order valence-electron chi connectivity index (χ4n) is 2.26. The minimum Gasteiger partial charge on any atom is -0.449 e. The molecule has 27 heavy (non-hydrogen) atoms. The van der Waals surface area contributed by atoms with Gasteiger partial charge in [0.2, 0.25) is 0 Å². The molecule has 1 atom stereocenters. The van der Waals surface area contributed by atoms with Gasteiger partial charge in [-0.1, -0.05) is 29.3 Å². The fourth-order valence-corrected chi connectivity index (χ4v) is 2.67. The Morgan fingerprint density at radius 2 is 2.04 bits per heavy atom. The molecule has 0 aliphatic heterocycles. The first-order valence-corrected chi connectivity index (χ1v) is 8.64. The molecule has 1 amide bonds. The third-order valence-corrected chi connectivity index (χ3v) is 4.16. The van der Waals surface area contributed by atoms with Gasteiger partial charge in [-0.15, -0.1) is 0 Å². The SMILES string of the molecule is C[C@@H](OC(=O)/C=C/c1c(Cl)nc2ccccn12)C(=O)Nc1cccnc1Cl. The Hall–Kier alpha value is -2.90. The number of ether oxygens (including phenoxy) is 1. The van der Waals surface area contributed by atoms with Crippen LogP contribution in [-0.4, -0.2) is 32.3 Å². The van der Waals surface area contributed by atoms with E-state index in [-0.39, 0.29) is 10.3 Å². The highest BCUT2D eigenvalue weighted by Gasteiger charge is 2.18. The molecular formula is C18H14Cl2N4O3. The van der Waals surface area contributed by atoms with Gasteiger partial charge in [0.25, 0.3) is 5.91 Å². The van der Waals surface area contributed by atoms with Crippen molar-refractivity contribution in [2.45, 2.75) is 13.0 Å². The van der Waals surface area contributed by atoms with Gasteiger partial charge >= 0.3 is 5.97 Å². The Balaban J connectivity index is 1.64. The lowest BCUT2D eigenvalue weighted by atomic mass is 10.3. The van der Waals surface area contributed by atoms with Crippen LogP contribution in [0.15, 0.2) is 48.8 Å². The molecule has 1 N–H and O–H groups in total. The van der Waals surface area contributed by atoms with Crippen molar-refractivity contribution >= 4 is 52.5 Å². The molecule has 0 unspecified atom stereocenters. The molecule has 0 aromatic carbocycles. The van der Waals surface area contributed by atoms with Crippen molar-refractivity contribution in [2.75, 3.05) is 5.32 Å². The zero-order chi connectivity index (χ0) is 19.4. The Bertz CT molecular complexity index is 1030. The minimum atomic E-state index is -1.03. The van der Waals surface area contributed by atoms with E-state index in [2.05, 4.69) is 15.3 Å². The monoisotopic (exact) mass is 404 g/mol. The van der Waals surface area contributed by atoms with Crippen LogP contribution in [0.1, 0.15) is 12.6 Å². The second kappa shape index (κ2) is 8.20. The van der Waals surface area contributed by atoms with Gasteiger partial charge in [-0.3, -0.25) is 9.20 Å². The molecule has 0 aliphatic rings. The molecule has 138 valence electrons. The van der Waals surface area contributed by atoms with Crippen molar-refractivity contribution < 1.29 is 14.3 Å². The molecule has 0 bridgehead atoms. The lowest BCUT2D eigenvalue weighted by Gasteiger charge is -2.12. The minimum absolute atomic E-state index is 0.145. The third kappa shape index (κ3) is 4.45. The van der Waals surface area contributed by atoms with Crippen molar-refractivity contribution in [3.05, 3.63) is 64.8 Å². The van der Waals surface area contributed by atoms with Crippen LogP contribution in [0.3, 0.4) is 0 Å². The number of nitrogens with one attached hydrogen (secondary N) is 1. The van der Waals surface area contributed by atoms with Crippen molar-refractivity contribution in [1.82, 2.24) is 14.4 Å². The van der Waals surface area contributed by atoms with Gasteiger partial charge in [0.15, 0.2) is 16.4 Å². The average molecular weight is 405 g/mol. The molecule has 3 heterocycles. The maximum absolute atomic E-state index is 12.1. The summed E-state index contributed by atoms with van der Waals surface area (Å²) in [6, 6.07) is 8.65. The summed E-state index contributed by atoms with van der Waals surface area (Å²) in [6.07, 6.45) is 4.90. The number of fused-ring (bicyclic) bond motifs is 1. The molecular weight excluding hydrogens is 391 g/mol. The number of rotatable bonds is 5. The van der Waals surface area contributed by atoms with E-state index in [1.807, 2.05) is 12.1 Å². The molecule has 3 aromatic heterocycles. The maximum Gasteiger partial charge on any atom is 0.331 e. The molecule has 7 nitrogen and oxygen atoms in total. The summed E-state index contributed by atoms with van der Waals surface area (Å²) in [5.41, 5.74) is 1.51. The Kier molecular flexibility index (Phi) is 5.73. The van der Waals surface area contributed by atoms with Crippen LogP contribution in [0.2, 0.25) is 10.3 Å². The van der Waals surface area contributed by atoms with E-state index in [0.717, 1.165) is 0 Å². The van der Waals surface area contributed by atoms with Crippen molar-refractivity contribution in [1.29, 1.82) is 0 Å². The molecule has 0 saturated carbocycles. The van der Waals surface area contributed by atoms with Gasteiger partial charge in [-0.25, -0.2) is 14.8 Å². The predicted molar refractivity (Wildman–Crippen MR) is 103 cm³/mol. The topological polar surface area (TPSA) is 85.6 Å². The Morgan fingerprint density at radius 1 is 1.22 bits per heavy atom. The zero-order valence-electron chi connectivity index (χ0n) is 14.1. The van der Waals surface area contributed by atoms with Crippen molar-refractivity contribution in [2.24, 2.45) is 0 Å². The van der Waals surface area contributed by atoms with Gasteiger partial charge < -0.3 is 10.1 Å². The number of amides is 1. The standard InChI is InChI=1S/C18H14Cl2N4O3/c1-11(18(26)22-12-5-4-9-21-16(12)19)27-15(25)8-7-13-17(20)23-14-6-2-3-10-24(13)14/h2-11H,1H3,(H,22,26)/b8-7+/t11-/m1/s1. The van der Waals surface area contributed by atoms with E-state index in [1.54, 1.807) is 28.8 Å². The van der Waals surface area contributed by atoms with Crippen LogP contribution in [0.25, 0.3) is 11.7 Å². The van der Waals surface area contributed by atoms with E-state index in [4.69, 9.17) is 27.9 Å². The van der Waals surface area contributed by atoms with E-state index in [9.17, 15) is 9.59 Å². The Labute approximate surface area is 164 Å². The first kappa shape index (κ1) is 18.9. The highest BCUT2D eigenvalue weighted by Crippen LogP contribution is 2.19. The average Bonchev–Trinajstić information content (AvgIpc) is 2.97. The van der Waals surface area contributed by atoms with Gasteiger partial charge in [-0.2, -0.15) is 0 Å². The molecule has 3 aromatic rings. The smallest absolute Gasteiger partial charge is 0.331 e. The molecule has 0 saturated heterocycles. The fraction of sp³-hybridized carbons (Fsp3) is 0.111. The summed E-state index contributed by atoms with van der Waals surface area (Å²) < 4.78 is 6.83. The highest BCUT2D eigenvalue weighted by atomic mass is 35.5. The quantitative estimate of drug-likeness (QED) is 0.398. The number of anilines is 1. The van der Waals surface area contributed by atoms with Gasteiger partial charge in [0.1, 0.15) is 5.65 Å². The Morgan fingerprint density at radius 3 is 2.81 bits per heavy atom. The lowest BCUT2D eigenvalue weighted by molar-refractivity contribution is -0.148. The summed E-state index contributed by atoms with van der Waals surface area (Å²) in [5, 5.41) is 2.95. The molecule has 3 rings (SSSR count). The lowest BCUT2D eigenvalue weighted by Crippen LogP contribution is -2.29. The van der Waals surface area contributed by atoms with Crippen LogP contribution in [0.4, 0.5) is 5.69 Å². The normalized spacial score (nSPS) is 12.3. The van der Waals surface area contributed by atoms with Crippen LogP contribution >= 0.6 is 23.2 Å². The van der Waals surface area contributed by atoms with E-state index < -0.39 is 18.0 Å². The predicted octanol–water partition coefficient (Wildman–Crippen LogP) is 3.62. The molecule has 9 heteroatoms. The largest absolute Gasteiger partial charge is 0.449 e. The number of imidazole rings is 1. The molecule has 0 fully saturated rings. The summed E-state index contributed by atoms with van der Waals surface area (Å²) in [4.78, 5) is 32.2. The van der Waals surface area contributed by atoms with Crippen LogP contribution in [0, 0.1) is 0 Å². The number of aromatic nitrogens is 3. The van der Waals surface area contributed by atoms with Gasteiger partial charge in [-0.05, 0) is 37.3 Å². The number of carbonyl (C=O) groups excluding carboxylic acids is 2. The van der Waals surface area contributed by atoms with E-state index in [1.165, 1.54) is 25.3 Å². The number of esters is 1. The highest BCUT2D eigenvalue weighted by molar-refractivity contribution is 6.32. The second-order valence-electron chi connectivity index (χ2n) is 5.46. The van der Waals surface area contributed by atoms with E-state index >= 15 is 0 Å². The third-order valence-electron chi connectivity index (χ3n) is 3.58. The van der Waals surface area contributed by atoms with Crippen LogP contribution in [0.5, 0.6) is 0 Å². The van der Waals surface area contributed by atoms with E-state index in [0.29, 0.717) is 17.0 Å². The molecule has 0 spiro atoms.